The molecule has 3 aromatic rings. The summed E-state index contributed by atoms with van der Waals surface area (Å²) in [5.41, 5.74) is 3.35. The minimum Gasteiger partial charge on any atom is -0.351 e. The molecule has 2 aromatic heterocycles. The number of aliphatic imine (C=N–C) groups is 1. The van der Waals surface area contributed by atoms with Crippen LogP contribution in [0.3, 0.4) is 0 Å². The smallest absolute Gasteiger partial charge is 0.262 e. The van der Waals surface area contributed by atoms with Gasteiger partial charge >= 0.3 is 0 Å². The molecule has 1 aromatic carbocycles. The van der Waals surface area contributed by atoms with Crippen molar-refractivity contribution in [2.75, 3.05) is 18.4 Å². The van der Waals surface area contributed by atoms with Crippen LogP contribution in [0.1, 0.15) is 93.3 Å². The third-order valence-electron chi connectivity index (χ3n) is 9.11. The Morgan fingerprint density at radius 3 is 2.65 bits per heavy atom. The maximum atomic E-state index is 13.5. The van der Waals surface area contributed by atoms with Crippen molar-refractivity contribution in [3.63, 3.8) is 0 Å². The van der Waals surface area contributed by atoms with E-state index in [0.717, 1.165) is 68.6 Å². The van der Waals surface area contributed by atoms with Gasteiger partial charge in [-0.25, -0.2) is 14.4 Å². The summed E-state index contributed by atoms with van der Waals surface area (Å²) < 4.78 is 3.28. The number of nitrogens with zero attached hydrogens (tertiary/aromatic N) is 6. The van der Waals surface area contributed by atoms with E-state index in [1.54, 1.807) is 17.8 Å². The second-order valence-corrected chi connectivity index (χ2v) is 11.9. The van der Waals surface area contributed by atoms with Crippen LogP contribution in [0.2, 0.25) is 0 Å². The molecular formula is C33H44N8O2. The number of carbonyl (C=O) groups is 2. The van der Waals surface area contributed by atoms with Crippen LogP contribution in [0.4, 0.5) is 11.6 Å². The SMILES string of the molecule is C=Cn1ncc(C(=O)Nc2cc(C(C)CCN(CC)C3CCC4(CCC(=O)N4)CC3)nn2-c2ccc(C)cc2)c1N=CC. The van der Waals surface area contributed by atoms with E-state index in [1.807, 2.05) is 37.3 Å². The average Bonchev–Trinajstić information content (AvgIpc) is 3.72. The quantitative estimate of drug-likeness (QED) is 0.275. The molecular weight excluding hydrogens is 540 g/mol. The van der Waals surface area contributed by atoms with Gasteiger partial charge in [-0.1, -0.05) is 38.1 Å². The first-order valence-electron chi connectivity index (χ1n) is 15.5. The minimum atomic E-state index is -0.313. The molecule has 10 heteroatoms. The van der Waals surface area contributed by atoms with Crippen molar-refractivity contribution in [1.82, 2.24) is 29.8 Å². The lowest BCUT2D eigenvalue weighted by Gasteiger charge is -2.41. The molecule has 2 amide bonds. The number of carbonyl (C=O) groups excluding carboxylic acids is 2. The van der Waals surface area contributed by atoms with E-state index in [0.29, 0.717) is 29.7 Å². The summed E-state index contributed by atoms with van der Waals surface area (Å²) in [5, 5.41) is 15.5. The van der Waals surface area contributed by atoms with E-state index in [2.05, 4.69) is 46.1 Å². The number of hydrogen-bond acceptors (Lipinski definition) is 6. The van der Waals surface area contributed by atoms with Crippen molar-refractivity contribution in [2.45, 2.75) is 90.1 Å². The van der Waals surface area contributed by atoms with E-state index in [9.17, 15) is 9.59 Å². The number of benzene rings is 1. The maximum Gasteiger partial charge on any atom is 0.262 e. The van der Waals surface area contributed by atoms with Gasteiger partial charge in [0.2, 0.25) is 5.91 Å². The Morgan fingerprint density at radius 1 is 1.28 bits per heavy atom. The summed E-state index contributed by atoms with van der Waals surface area (Å²) in [6, 6.07) is 10.6. The van der Waals surface area contributed by atoms with Crippen LogP contribution >= 0.6 is 0 Å². The topological polar surface area (TPSA) is 109 Å². The summed E-state index contributed by atoms with van der Waals surface area (Å²) in [5.74, 6) is 1.10. The Labute approximate surface area is 254 Å². The lowest BCUT2D eigenvalue weighted by Crippen LogP contribution is -2.49. The lowest BCUT2D eigenvalue weighted by atomic mass is 9.78. The first kappa shape index (κ1) is 30.4. The molecule has 1 atom stereocenters. The average molecular weight is 585 g/mol. The van der Waals surface area contributed by atoms with E-state index >= 15 is 0 Å². The molecule has 1 spiro atoms. The van der Waals surface area contributed by atoms with E-state index in [4.69, 9.17) is 5.10 Å². The fourth-order valence-electron chi connectivity index (χ4n) is 6.47. The minimum absolute atomic E-state index is 0.0396. The summed E-state index contributed by atoms with van der Waals surface area (Å²) >= 11 is 0. The monoisotopic (exact) mass is 584 g/mol. The van der Waals surface area contributed by atoms with Crippen LogP contribution < -0.4 is 10.6 Å². The Balaban J connectivity index is 1.31. The molecule has 1 aliphatic heterocycles. The molecule has 228 valence electrons. The molecule has 43 heavy (non-hydrogen) atoms. The standard InChI is InChI=1S/C33H44N8O2/c1-6-34-31-27(22-35-40(31)8-3)32(43)36-29-21-28(38-41(29)26-11-9-23(4)10-12-26)24(5)16-20-39(7-2)25-13-17-33(18-14-25)19-15-30(42)37-33/h6,8-12,21-22,24-25H,3,7,13-20H2,1-2,4-5H3,(H,36,43)(H,37,42). The van der Waals surface area contributed by atoms with Gasteiger partial charge in [0, 0.05) is 42.4 Å². The van der Waals surface area contributed by atoms with E-state index < -0.39 is 0 Å². The zero-order chi connectivity index (χ0) is 30.6. The predicted molar refractivity (Wildman–Crippen MR) is 171 cm³/mol. The predicted octanol–water partition coefficient (Wildman–Crippen LogP) is 5.86. The lowest BCUT2D eigenvalue weighted by molar-refractivity contribution is -0.120. The van der Waals surface area contributed by atoms with Crippen molar-refractivity contribution < 1.29 is 9.59 Å². The summed E-state index contributed by atoms with van der Waals surface area (Å²) in [6.45, 7) is 14.0. The Bertz CT molecular complexity index is 1480. The molecule has 1 aliphatic carbocycles. The zero-order valence-corrected chi connectivity index (χ0v) is 25.8. The zero-order valence-electron chi connectivity index (χ0n) is 25.8. The number of nitrogens with one attached hydrogen (secondary N) is 2. The highest BCUT2D eigenvalue weighted by atomic mass is 16.2. The highest BCUT2D eigenvalue weighted by Gasteiger charge is 2.41. The number of hydrogen-bond donors (Lipinski definition) is 2. The number of aryl methyl sites for hydroxylation is 1. The molecule has 1 saturated carbocycles. The summed E-state index contributed by atoms with van der Waals surface area (Å²) in [4.78, 5) is 32.2. The van der Waals surface area contributed by atoms with Crippen molar-refractivity contribution in [3.8, 4) is 5.69 Å². The fraction of sp³-hybridized carbons (Fsp3) is 0.485. The number of amides is 2. The molecule has 2 aliphatic rings. The van der Waals surface area contributed by atoms with Crippen LogP contribution in [-0.2, 0) is 4.79 Å². The van der Waals surface area contributed by atoms with Gasteiger partial charge in [-0.2, -0.15) is 10.2 Å². The molecule has 1 saturated heterocycles. The van der Waals surface area contributed by atoms with Gasteiger partial charge in [0.25, 0.3) is 5.91 Å². The molecule has 10 nitrogen and oxygen atoms in total. The van der Waals surface area contributed by atoms with Gasteiger partial charge in [-0.15, -0.1) is 0 Å². The molecule has 0 radical (unpaired) electrons. The number of aromatic nitrogens is 4. The van der Waals surface area contributed by atoms with Gasteiger partial charge in [0.1, 0.15) is 11.4 Å². The van der Waals surface area contributed by atoms with Crippen LogP contribution in [0, 0.1) is 6.92 Å². The first-order valence-corrected chi connectivity index (χ1v) is 15.5. The molecule has 2 fully saturated rings. The highest BCUT2D eigenvalue weighted by molar-refractivity contribution is 6.07. The van der Waals surface area contributed by atoms with E-state index in [-0.39, 0.29) is 23.3 Å². The Kier molecular flexibility index (Phi) is 9.25. The van der Waals surface area contributed by atoms with Gasteiger partial charge in [0.15, 0.2) is 5.82 Å². The Morgan fingerprint density at radius 2 is 2.02 bits per heavy atom. The van der Waals surface area contributed by atoms with E-state index in [1.165, 1.54) is 17.1 Å². The molecule has 0 bridgehead atoms. The molecule has 2 N–H and O–H groups in total. The summed E-state index contributed by atoms with van der Waals surface area (Å²) in [6.07, 6.45) is 11.6. The van der Waals surface area contributed by atoms with Crippen molar-refractivity contribution in [1.29, 1.82) is 0 Å². The molecule has 1 unspecified atom stereocenters. The normalized spacial score (nSPS) is 21.0. The second-order valence-electron chi connectivity index (χ2n) is 11.9. The number of rotatable bonds is 11. The highest BCUT2D eigenvalue weighted by Crippen LogP contribution is 2.37. The second kappa shape index (κ2) is 13.1. The molecule has 3 heterocycles. The number of anilines is 1. The van der Waals surface area contributed by atoms with Gasteiger partial charge in [-0.05, 0) is 77.6 Å². The summed E-state index contributed by atoms with van der Waals surface area (Å²) in [7, 11) is 0. The third-order valence-corrected chi connectivity index (χ3v) is 9.11. The van der Waals surface area contributed by atoms with Crippen molar-refractivity contribution in [2.24, 2.45) is 4.99 Å². The maximum absolute atomic E-state index is 13.5. The Hall–Kier alpha value is -4.05. The van der Waals surface area contributed by atoms with Gasteiger partial charge < -0.3 is 15.5 Å². The van der Waals surface area contributed by atoms with Crippen LogP contribution in [0.5, 0.6) is 0 Å². The molecule has 5 rings (SSSR count). The first-order chi connectivity index (χ1) is 20.8. The van der Waals surface area contributed by atoms with Gasteiger partial charge in [0.05, 0.1) is 17.6 Å². The van der Waals surface area contributed by atoms with Crippen LogP contribution in [0.15, 0.2) is 48.1 Å². The fourth-order valence-corrected chi connectivity index (χ4v) is 6.47. The third kappa shape index (κ3) is 6.64. The van der Waals surface area contributed by atoms with Crippen molar-refractivity contribution in [3.05, 3.63) is 59.9 Å². The van der Waals surface area contributed by atoms with Crippen LogP contribution in [-0.4, -0.2) is 67.2 Å². The van der Waals surface area contributed by atoms with Crippen LogP contribution in [0.25, 0.3) is 11.9 Å². The van der Waals surface area contributed by atoms with Crippen molar-refractivity contribution >= 4 is 35.9 Å². The van der Waals surface area contributed by atoms with Gasteiger partial charge in [-0.3, -0.25) is 9.59 Å². The largest absolute Gasteiger partial charge is 0.351 e.